The topological polar surface area (TPSA) is 6.48 Å². The predicted octanol–water partition coefficient (Wildman–Crippen LogP) is 14.4. The molecule has 0 amide bonds. The van der Waals surface area contributed by atoms with Crippen LogP contribution in [0.1, 0.15) is 55.6 Å². The minimum Gasteiger partial charge on any atom is -0.310 e. The van der Waals surface area contributed by atoms with Crippen molar-refractivity contribution in [2.45, 2.75) is 55.4 Å². The fourth-order valence-corrected chi connectivity index (χ4v) is 6.77. The summed E-state index contributed by atoms with van der Waals surface area (Å²) in [6.45, 7) is 17.4. The summed E-state index contributed by atoms with van der Waals surface area (Å²) in [5.41, 5.74) is 19.7. The molecule has 258 valence electrons. The summed E-state index contributed by atoms with van der Waals surface area (Å²) in [5.74, 6) is 0. The number of benzene rings is 7. The zero-order valence-corrected chi connectivity index (χ0v) is 31.8. The van der Waals surface area contributed by atoms with Crippen LogP contribution < -0.4 is 9.80 Å². The van der Waals surface area contributed by atoms with Gasteiger partial charge in [-0.05, 0) is 201 Å². The minimum atomic E-state index is 1.14. The quantitative estimate of drug-likeness (QED) is 0.148. The van der Waals surface area contributed by atoms with E-state index in [9.17, 15) is 0 Å². The van der Waals surface area contributed by atoms with Crippen molar-refractivity contribution in [2.75, 3.05) is 9.80 Å². The van der Waals surface area contributed by atoms with Crippen molar-refractivity contribution in [3.05, 3.63) is 189 Å². The molecule has 0 N–H and O–H groups in total. The van der Waals surface area contributed by atoms with Crippen LogP contribution in [-0.4, -0.2) is 0 Å². The summed E-state index contributed by atoms with van der Waals surface area (Å²) in [4.78, 5) is 4.72. The van der Waals surface area contributed by atoms with Crippen LogP contribution in [-0.2, 0) is 0 Å². The molecule has 0 bridgehead atoms. The molecule has 0 aromatic heterocycles. The first kappa shape index (κ1) is 34.6. The van der Waals surface area contributed by atoms with Crippen molar-refractivity contribution in [2.24, 2.45) is 0 Å². The number of aryl methyl sites for hydroxylation is 8. The molecule has 0 spiro atoms. The van der Waals surface area contributed by atoms with Gasteiger partial charge in [0.05, 0.1) is 0 Å². The van der Waals surface area contributed by atoms with Crippen LogP contribution in [0.2, 0.25) is 0 Å². The van der Waals surface area contributed by atoms with E-state index in [1.165, 1.54) is 83.6 Å². The lowest BCUT2D eigenvalue weighted by Crippen LogP contribution is -2.10. The van der Waals surface area contributed by atoms with E-state index in [1.54, 1.807) is 0 Å². The van der Waals surface area contributed by atoms with E-state index >= 15 is 0 Å². The first-order valence-corrected chi connectivity index (χ1v) is 18.3. The fraction of sp³-hybridized carbons (Fsp3) is 0.160. The number of hydrogen-bond donors (Lipinski definition) is 0. The SMILES string of the molecule is Cc1ccc(N(c2ccc(C=Cc3ccc4cc(N(c5ccc(C)c(C)c5)c5ccc(C)c(C)c5)ccc4c3)cc2)c2ccc(C)c(C)c2)cc1C. The van der Waals surface area contributed by atoms with E-state index in [2.05, 4.69) is 211 Å². The molecule has 0 aliphatic carbocycles. The van der Waals surface area contributed by atoms with E-state index in [0.29, 0.717) is 0 Å². The van der Waals surface area contributed by atoms with Crippen molar-refractivity contribution >= 4 is 57.0 Å². The Bertz CT molecular complexity index is 2340. The Balaban J connectivity index is 1.16. The second-order valence-corrected chi connectivity index (χ2v) is 14.5. The Labute approximate surface area is 310 Å². The number of anilines is 6. The third-order valence-corrected chi connectivity index (χ3v) is 10.7. The molecule has 52 heavy (non-hydrogen) atoms. The Hall–Kier alpha value is -5.86. The van der Waals surface area contributed by atoms with Gasteiger partial charge in [-0.25, -0.2) is 0 Å². The van der Waals surface area contributed by atoms with Crippen LogP contribution in [0.5, 0.6) is 0 Å². The monoisotopic (exact) mass is 676 g/mol. The van der Waals surface area contributed by atoms with Gasteiger partial charge in [-0.2, -0.15) is 0 Å². The van der Waals surface area contributed by atoms with Gasteiger partial charge in [0.25, 0.3) is 0 Å². The van der Waals surface area contributed by atoms with E-state index in [1.807, 2.05) is 0 Å². The normalized spacial score (nSPS) is 11.4. The molecule has 0 aliphatic rings. The van der Waals surface area contributed by atoms with E-state index in [4.69, 9.17) is 0 Å². The highest BCUT2D eigenvalue weighted by molar-refractivity contribution is 5.91. The molecule has 2 nitrogen and oxygen atoms in total. The molecule has 0 radical (unpaired) electrons. The molecule has 0 saturated carbocycles. The summed E-state index contributed by atoms with van der Waals surface area (Å²) in [6, 6.07) is 49.3. The Morgan fingerprint density at radius 1 is 0.269 bits per heavy atom. The Kier molecular flexibility index (Phi) is 9.58. The zero-order valence-electron chi connectivity index (χ0n) is 31.8. The molecule has 7 aromatic rings. The minimum absolute atomic E-state index is 1.14. The Morgan fingerprint density at radius 3 is 1.02 bits per heavy atom. The van der Waals surface area contributed by atoms with Gasteiger partial charge in [0, 0.05) is 34.1 Å². The number of fused-ring (bicyclic) bond motifs is 1. The second kappa shape index (κ2) is 14.4. The maximum atomic E-state index is 2.37. The van der Waals surface area contributed by atoms with Crippen molar-refractivity contribution in [1.29, 1.82) is 0 Å². The van der Waals surface area contributed by atoms with E-state index < -0.39 is 0 Å². The highest BCUT2D eigenvalue weighted by Gasteiger charge is 2.16. The molecule has 0 saturated heterocycles. The highest BCUT2D eigenvalue weighted by atomic mass is 15.1. The average Bonchev–Trinajstić information content (AvgIpc) is 3.14. The molecule has 0 atom stereocenters. The van der Waals surface area contributed by atoms with Crippen LogP contribution >= 0.6 is 0 Å². The summed E-state index contributed by atoms with van der Waals surface area (Å²) < 4.78 is 0. The molecule has 0 aliphatic heterocycles. The third kappa shape index (κ3) is 7.16. The van der Waals surface area contributed by atoms with Crippen molar-refractivity contribution in [3.8, 4) is 0 Å². The van der Waals surface area contributed by atoms with Gasteiger partial charge in [0.15, 0.2) is 0 Å². The number of rotatable bonds is 8. The fourth-order valence-electron chi connectivity index (χ4n) is 6.77. The maximum absolute atomic E-state index is 2.37. The number of nitrogens with zero attached hydrogens (tertiary/aromatic N) is 2. The lowest BCUT2D eigenvalue weighted by atomic mass is 10.0. The largest absolute Gasteiger partial charge is 0.310 e. The molecule has 0 fully saturated rings. The first-order chi connectivity index (χ1) is 25.0. The van der Waals surface area contributed by atoms with Crippen LogP contribution in [0.4, 0.5) is 34.1 Å². The second-order valence-electron chi connectivity index (χ2n) is 14.5. The van der Waals surface area contributed by atoms with Crippen molar-refractivity contribution < 1.29 is 0 Å². The lowest BCUT2D eigenvalue weighted by Gasteiger charge is -2.27. The van der Waals surface area contributed by atoms with Gasteiger partial charge in [0.2, 0.25) is 0 Å². The van der Waals surface area contributed by atoms with Crippen molar-refractivity contribution in [3.63, 3.8) is 0 Å². The van der Waals surface area contributed by atoms with Crippen LogP contribution in [0.15, 0.2) is 133 Å². The molecule has 0 heterocycles. The standard InChI is InChI=1S/C50H48N2/c1-33-9-20-46(27-37(33)5)51(47-21-10-34(2)38(6)28-47)45-24-16-41(17-25-45)13-14-42-15-18-44-32-50(26-19-43(44)31-42)52(48-22-11-35(3)39(7)29-48)49-23-12-36(4)40(8)30-49/h9-32H,1-8H3. The first-order valence-electron chi connectivity index (χ1n) is 18.3. The highest BCUT2D eigenvalue weighted by Crippen LogP contribution is 2.39. The summed E-state index contributed by atoms with van der Waals surface area (Å²) in [7, 11) is 0. The molecular weight excluding hydrogens is 629 g/mol. The lowest BCUT2D eigenvalue weighted by molar-refractivity contribution is 1.23. The average molecular weight is 677 g/mol. The van der Waals surface area contributed by atoms with Crippen LogP contribution in [0.25, 0.3) is 22.9 Å². The van der Waals surface area contributed by atoms with Crippen LogP contribution in [0, 0.1) is 55.4 Å². The Morgan fingerprint density at radius 2 is 0.577 bits per heavy atom. The van der Waals surface area contributed by atoms with Gasteiger partial charge in [0.1, 0.15) is 0 Å². The van der Waals surface area contributed by atoms with Gasteiger partial charge < -0.3 is 9.80 Å². The summed E-state index contributed by atoms with van der Waals surface area (Å²) in [5, 5.41) is 2.44. The van der Waals surface area contributed by atoms with E-state index in [0.717, 1.165) is 16.9 Å². The third-order valence-electron chi connectivity index (χ3n) is 10.7. The van der Waals surface area contributed by atoms with Gasteiger partial charge in [-0.15, -0.1) is 0 Å². The van der Waals surface area contributed by atoms with Crippen LogP contribution in [0.3, 0.4) is 0 Å². The molecule has 0 unspecified atom stereocenters. The van der Waals surface area contributed by atoms with Crippen molar-refractivity contribution in [1.82, 2.24) is 0 Å². The molecule has 7 aromatic carbocycles. The summed E-state index contributed by atoms with van der Waals surface area (Å²) in [6.07, 6.45) is 4.42. The predicted molar refractivity (Wildman–Crippen MR) is 227 cm³/mol. The summed E-state index contributed by atoms with van der Waals surface area (Å²) >= 11 is 0. The van der Waals surface area contributed by atoms with Gasteiger partial charge in [-0.3, -0.25) is 0 Å². The zero-order chi connectivity index (χ0) is 36.5. The van der Waals surface area contributed by atoms with Gasteiger partial charge in [-0.1, -0.05) is 66.7 Å². The molecule has 2 heteroatoms. The molecule has 7 rings (SSSR count). The smallest absolute Gasteiger partial charge is 0.0468 e. The van der Waals surface area contributed by atoms with Gasteiger partial charge >= 0.3 is 0 Å². The number of hydrogen-bond acceptors (Lipinski definition) is 2. The van der Waals surface area contributed by atoms with E-state index in [-0.39, 0.29) is 0 Å². The molecular formula is C50H48N2. The maximum Gasteiger partial charge on any atom is 0.0468 e.